The summed E-state index contributed by atoms with van der Waals surface area (Å²) < 4.78 is 31.5. The summed E-state index contributed by atoms with van der Waals surface area (Å²) in [6, 6.07) is 9.18. The van der Waals surface area contributed by atoms with Crippen molar-refractivity contribution in [2.75, 3.05) is 11.9 Å². The van der Waals surface area contributed by atoms with Gasteiger partial charge in [0.2, 0.25) is 15.9 Å². The van der Waals surface area contributed by atoms with Crippen molar-refractivity contribution in [1.29, 1.82) is 0 Å². The molecule has 1 amide bonds. The summed E-state index contributed by atoms with van der Waals surface area (Å²) in [5.74, 6) is -0.797. The molecule has 144 valence electrons. The van der Waals surface area contributed by atoms with Crippen LogP contribution in [0.15, 0.2) is 53.7 Å². The Bertz CT molecular complexity index is 881. The van der Waals surface area contributed by atoms with Gasteiger partial charge in [-0.1, -0.05) is 0 Å². The molecule has 0 radical (unpaired) electrons. The first-order chi connectivity index (χ1) is 12.8. The van der Waals surface area contributed by atoms with Crippen LogP contribution in [0.1, 0.15) is 30.6 Å². The number of hydrogen-bond donors (Lipinski definition) is 2. The second-order valence-electron chi connectivity index (χ2n) is 5.92. The quantitative estimate of drug-likeness (QED) is 0.665. The normalized spacial score (nSPS) is 11.2. The lowest BCUT2D eigenvalue weighted by Crippen LogP contribution is -2.27. The monoisotopic (exact) mass is 391 g/mol. The Morgan fingerprint density at radius 3 is 2.44 bits per heavy atom. The van der Waals surface area contributed by atoms with E-state index in [2.05, 4.69) is 15.0 Å². The summed E-state index contributed by atoms with van der Waals surface area (Å²) in [5, 5.41) is 2.64. The van der Waals surface area contributed by atoms with Gasteiger partial charge in [-0.2, -0.15) is 0 Å². The van der Waals surface area contributed by atoms with Gasteiger partial charge in [-0.15, -0.1) is 0 Å². The molecule has 0 fully saturated rings. The third kappa shape index (κ3) is 6.46. The zero-order valence-electron chi connectivity index (χ0n) is 15.0. The van der Waals surface area contributed by atoms with Crippen molar-refractivity contribution in [3.05, 3.63) is 54.4 Å². The van der Waals surface area contributed by atoms with Crippen LogP contribution < -0.4 is 10.0 Å². The second kappa shape index (κ2) is 9.24. The SMILES string of the molecule is CC(C)OC(=O)c1ccc(NC(=O)CCNS(=O)(=O)c2cccnc2)cc1. The predicted octanol–water partition coefficient (Wildman–Crippen LogP) is 1.95. The Morgan fingerprint density at radius 1 is 1.15 bits per heavy atom. The number of ether oxygens (including phenoxy) is 1. The lowest BCUT2D eigenvalue weighted by molar-refractivity contribution is -0.116. The van der Waals surface area contributed by atoms with Gasteiger partial charge in [0.05, 0.1) is 11.7 Å². The lowest BCUT2D eigenvalue weighted by atomic mass is 10.2. The Balaban J connectivity index is 1.83. The van der Waals surface area contributed by atoms with Crippen molar-refractivity contribution in [1.82, 2.24) is 9.71 Å². The number of amides is 1. The molecular weight excluding hydrogens is 370 g/mol. The Kier molecular flexibility index (Phi) is 7.03. The van der Waals surface area contributed by atoms with E-state index in [1.807, 2.05) is 0 Å². The molecule has 0 aliphatic carbocycles. The fraction of sp³-hybridized carbons (Fsp3) is 0.278. The first-order valence-corrected chi connectivity index (χ1v) is 9.77. The number of pyridine rings is 1. The summed E-state index contributed by atoms with van der Waals surface area (Å²) in [4.78, 5) is 27.5. The number of sulfonamides is 1. The minimum absolute atomic E-state index is 0.0364. The van der Waals surface area contributed by atoms with E-state index in [0.29, 0.717) is 11.3 Å². The van der Waals surface area contributed by atoms with Crippen molar-refractivity contribution in [3.63, 3.8) is 0 Å². The fourth-order valence-electron chi connectivity index (χ4n) is 2.08. The van der Waals surface area contributed by atoms with Crippen LogP contribution in [0.4, 0.5) is 5.69 Å². The first-order valence-electron chi connectivity index (χ1n) is 8.28. The molecule has 0 unspecified atom stereocenters. The van der Waals surface area contributed by atoms with E-state index in [1.165, 1.54) is 24.5 Å². The summed E-state index contributed by atoms with van der Waals surface area (Å²) in [6.45, 7) is 3.46. The topological polar surface area (TPSA) is 114 Å². The van der Waals surface area contributed by atoms with Gasteiger partial charge in [0, 0.05) is 31.0 Å². The molecule has 27 heavy (non-hydrogen) atoms. The molecule has 8 nitrogen and oxygen atoms in total. The third-order valence-electron chi connectivity index (χ3n) is 3.34. The van der Waals surface area contributed by atoms with Gasteiger partial charge in [0.1, 0.15) is 4.90 Å². The van der Waals surface area contributed by atoms with Crippen molar-refractivity contribution < 1.29 is 22.7 Å². The van der Waals surface area contributed by atoms with Crippen LogP contribution >= 0.6 is 0 Å². The molecule has 0 saturated heterocycles. The Hall–Kier alpha value is -2.78. The summed E-state index contributed by atoms with van der Waals surface area (Å²) in [5.41, 5.74) is 0.877. The molecular formula is C18H21N3O5S. The van der Waals surface area contributed by atoms with Crippen LogP contribution in [0.3, 0.4) is 0 Å². The average molecular weight is 391 g/mol. The number of esters is 1. The number of nitrogens with zero attached hydrogens (tertiary/aromatic N) is 1. The molecule has 0 saturated carbocycles. The van der Waals surface area contributed by atoms with Gasteiger partial charge in [-0.25, -0.2) is 17.9 Å². The van der Waals surface area contributed by atoms with Crippen LogP contribution in [-0.2, 0) is 19.6 Å². The molecule has 2 N–H and O–H groups in total. The summed E-state index contributed by atoms with van der Waals surface area (Å²) >= 11 is 0. The van der Waals surface area contributed by atoms with Gasteiger partial charge in [-0.05, 0) is 50.2 Å². The van der Waals surface area contributed by atoms with Crippen molar-refractivity contribution >= 4 is 27.6 Å². The molecule has 0 aliphatic rings. The first kappa shape index (κ1) is 20.5. The van der Waals surface area contributed by atoms with Crippen LogP contribution in [0.25, 0.3) is 0 Å². The van der Waals surface area contributed by atoms with Gasteiger partial charge in [0.15, 0.2) is 0 Å². The molecule has 0 atom stereocenters. The Morgan fingerprint density at radius 2 is 1.85 bits per heavy atom. The maximum Gasteiger partial charge on any atom is 0.338 e. The highest BCUT2D eigenvalue weighted by Gasteiger charge is 2.14. The zero-order valence-corrected chi connectivity index (χ0v) is 15.8. The molecule has 1 heterocycles. The van der Waals surface area contributed by atoms with Crippen molar-refractivity contribution in [2.45, 2.75) is 31.3 Å². The molecule has 2 aromatic rings. The highest BCUT2D eigenvalue weighted by Crippen LogP contribution is 2.12. The van der Waals surface area contributed by atoms with Crippen molar-refractivity contribution in [2.24, 2.45) is 0 Å². The predicted molar refractivity (Wildman–Crippen MR) is 99.7 cm³/mol. The number of benzene rings is 1. The van der Waals surface area contributed by atoms with Gasteiger partial charge >= 0.3 is 5.97 Å². The van der Waals surface area contributed by atoms with Gasteiger partial charge in [0.25, 0.3) is 0 Å². The number of aromatic nitrogens is 1. The number of hydrogen-bond acceptors (Lipinski definition) is 6. The minimum Gasteiger partial charge on any atom is -0.459 e. The van der Waals surface area contributed by atoms with Crippen LogP contribution in [0.2, 0.25) is 0 Å². The van der Waals surface area contributed by atoms with Crippen LogP contribution in [0, 0.1) is 0 Å². The van der Waals surface area contributed by atoms with Crippen LogP contribution in [0.5, 0.6) is 0 Å². The third-order valence-corrected chi connectivity index (χ3v) is 4.78. The molecule has 0 aliphatic heterocycles. The molecule has 1 aromatic heterocycles. The number of carbonyl (C=O) groups is 2. The van der Waals surface area contributed by atoms with E-state index in [0.717, 1.165) is 0 Å². The van der Waals surface area contributed by atoms with E-state index in [1.54, 1.807) is 38.1 Å². The molecule has 2 rings (SSSR count). The number of nitrogens with one attached hydrogen (secondary N) is 2. The smallest absolute Gasteiger partial charge is 0.338 e. The molecule has 0 spiro atoms. The number of carbonyl (C=O) groups excluding carboxylic acids is 2. The van der Waals surface area contributed by atoms with E-state index >= 15 is 0 Å². The van der Waals surface area contributed by atoms with E-state index in [4.69, 9.17) is 4.74 Å². The summed E-state index contributed by atoms with van der Waals surface area (Å²) in [6.07, 6.45) is 2.44. The summed E-state index contributed by atoms with van der Waals surface area (Å²) in [7, 11) is -3.70. The van der Waals surface area contributed by atoms with E-state index < -0.39 is 16.0 Å². The molecule has 9 heteroatoms. The lowest BCUT2D eigenvalue weighted by Gasteiger charge is -2.09. The standard InChI is InChI=1S/C18H21N3O5S/c1-13(2)26-18(23)14-5-7-15(8-6-14)21-17(22)9-11-20-27(24,25)16-4-3-10-19-12-16/h3-8,10,12-13,20H,9,11H2,1-2H3,(H,21,22). The van der Waals surface area contributed by atoms with Gasteiger partial charge in [-0.3, -0.25) is 9.78 Å². The van der Waals surface area contributed by atoms with Gasteiger partial charge < -0.3 is 10.1 Å². The largest absolute Gasteiger partial charge is 0.459 e. The average Bonchev–Trinajstić information content (AvgIpc) is 2.62. The second-order valence-corrected chi connectivity index (χ2v) is 7.68. The fourth-order valence-corrected chi connectivity index (χ4v) is 3.08. The zero-order chi connectivity index (χ0) is 19.9. The highest BCUT2D eigenvalue weighted by atomic mass is 32.2. The molecule has 1 aromatic carbocycles. The Labute approximate surface area is 158 Å². The maximum atomic E-state index is 12.0. The van der Waals surface area contributed by atoms with E-state index in [9.17, 15) is 18.0 Å². The number of anilines is 1. The number of rotatable bonds is 8. The van der Waals surface area contributed by atoms with E-state index in [-0.39, 0.29) is 29.9 Å². The molecule has 0 bridgehead atoms. The maximum absolute atomic E-state index is 12.0. The minimum atomic E-state index is -3.70. The van der Waals surface area contributed by atoms with Crippen molar-refractivity contribution in [3.8, 4) is 0 Å². The van der Waals surface area contributed by atoms with Crippen LogP contribution in [-0.4, -0.2) is 37.9 Å². The highest BCUT2D eigenvalue weighted by molar-refractivity contribution is 7.89.